The van der Waals surface area contributed by atoms with Gasteiger partial charge in [0.15, 0.2) is 0 Å². The molecule has 0 radical (unpaired) electrons. The number of aliphatic hydroxyl groups is 1. The molecule has 1 aliphatic rings. The third kappa shape index (κ3) is 4.46. The van der Waals surface area contributed by atoms with Gasteiger partial charge in [0.1, 0.15) is 5.82 Å². The lowest BCUT2D eigenvalue weighted by molar-refractivity contribution is 0.0972. The maximum Gasteiger partial charge on any atom is 0.241 e. The van der Waals surface area contributed by atoms with Crippen molar-refractivity contribution in [1.29, 1.82) is 0 Å². The quantitative estimate of drug-likeness (QED) is 0.635. The molecule has 28 heavy (non-hydrogen) atoms. The Kier molecular flexibility index (Phi) is 5.50. The van der Waals surface area contributed by atoms with E-state index in [1.807, 2.05) is 12.1 Å². The summed E-state index contributed by atoms with van der Waals surface area (Å²) in [6, 6.07) is 14.5. The normalized spacial score (nSPS) is 15.1. The summed E-state index contributed by atoms with van der Waals surface area (Å²) in [6.45, 7) is 3.05. The summed E-state index contributed by atoms with van der Waals surface area (Å²) in [4.78, 5) is 6.69. The van der Waals surface area contributed by atoms with Crippen molar-refractivity contribution in [2.75, 3.05) is 6.54 Å². The minimum absolute atomic E-state index is 0.305. The highest BCUT2D eigenvalue weighted by Gasteiger charge is 2.32. The van der Waals surface area contributed by atoms with Gasteiger partial charge in [0, 0.05) is 18.2 Å². The predicted octanol–water partition coefficient (Wildman–Crippen LogP) is 4.14. The third-order valence-corrected chi connectivity index (χ3v) is 5.15. The van der Waals surface area contributed by atoms with Crippen LogP contribution in [0.3, 0.4) is 0 Å². The van der Waals surface area contributed by atoms with Gasteiger partial charge in [0.25, 0.3) is 0 Å². The Morgan fingerprint density at radius 3 is 2.50 bits per heavy atom. The molecule has 1 heterocycles. The Morgan fingerprint density at radius 2 is 1.86 bits per heavy atom. The van der Waals surface area contributed by atoms with Crippen LogP contribution in [0.5, 0.6) is 0 Å². The van der Waals surface area contributed by atoms with Gasteiger partial charge in [-0.1, -0.05) is 48.5 Å². The van der Waals surface area contributed by atoms with Gasteiger partial charge < -0.3 is 9.63 Å². The summed E-state index contributed by atoms with van der Waals surface area (Å²) >= 11 is 0. The van der Waals surface area contributed by atoms with Crippen molar-refractivity contribution >= 4 is 0 Å². The van der Waals surface area contributed by atoms with Crippen LogP contribution in [-0.2, 0) is 13.0 Å². The van der Waals surface area contributed by atoms with Crippen molar-refractivity contribution in [2.45, 2.75) is 44.9 Å². The second-order valence-corrected chi connectivity index (χ2v) is 7.29. The molecular formula is C22H24FN3O2. The SMILES string of the molecule is CCc1ccc(-c2noc(CN(CC(O)c3ccc(F)cc3)C3CC3)n2)cc1. The lowest BCUT2D eigenvalue weighted by Gasteiger charge is -2.23. The standard InChI is InChI=1S/C22H24FN3O2/c1-2-15-3-5-17(6-4-15)22-24-21(28-25-22)14-26(19-11-12-19)13-20(27)16-7-9-18(23)10-8-16/h3-10,19-20,27H,2,11-14H2,1H3. The number of hydrogen-bond acceptors (Lipinski definition) is 5. The van der Waals surface area contributed by atoms with Crippen LogP contribution in [0.4, 0.5) is 4.39 Å². The molecule has 1 atom stereocenters. The summed E-state index contributed by atoms with van der Waals surface area (Å²) in [5.41, 5.74) is 2.90. The minimum Gasteiger partial charge on any atom is -0.387 e. The van der Waals surface area contributed by atoms with Crippen LogP contribution in [-0.4, -0.2) is 32.7 Å². The Labute approximate surface area is 163 Å². The molecule has 1 saturated carbocycles. The molecule has 0 spiro atoms. The maximum atomic E-state index is 13.1. The zero-order valence-electron chi connectivity index (χ0n) is 15.9. The summed E-state index contributed by atoms with van der Waals surface area (Å²) < 4.78 is 18.6. The molecule has 0 bridgehead atoms. The lowest BCUT2D eigenvalue weighted by Crippen LogP contribution is -2.30. The van der Waals surface area contributed by atoms with Crippen LogP contribution in [0.25, 0.3) is 11.4 Å². The molecule has 146 valence electrons. The first-order valence-corrected chi connectivity index (χ1v) is 9.72. The topological polar surface area (TPSA) is 62.4 Å². The number of hydrogen-bond donors (Lipinski definition) is 1. The average molecular weight is 381 g/mol. The minimum atomic E-state index is -0.690. The van der Waals surface area contributed by atoms with Crippen molar-refractivity contribution in [3.63, 3.8) is 0 Å². The van der Waals surface area contributed by atoms with Crippen molar-refractivity contribution in [3.8, 4) is 11.4 Å². The Bertz CT molecular complexity index is 904. The van der Waals surface area contributed by atoms with E-state index in [0.717, 1.165) is 24.8 Å². The Morgan fingerprint density at radius 1 is 1.14 bits per heavy atom. The number of benzene rings is 2. The molecule has 5 nitrogen and oxygen atoms in total. The van der Waals surface area contributed by atoms with Crippen LogP contribution in [0.15, 0.2) is 53.1 Å². The number of aliphatic hydroxyl groups excluding tert-OH is 1. The molecular weight excluding hydrogens is 357 g/mol. The molecule has 4 rings (SSSR count). The summed E-state index contributed by atoms with van der Waals surface area (Å²) in [5.74, 6) is 0.806. The van der Waals surface area contributed by atoms with E-state index < -0.39 is 6.10 Å². The van der Waals surface area contributed by atoms with E-state index >= 15 is 0 Å². The molecule has 0 saturated heterocycles. The first kappa shape index (κ1) is 18.8. The van der Waals surface area contributed by atoms with Crippen LogP contribution in [0, 0.1) is 5.82 Å². The number of aromatic nitrogens is 2. The number of aryl methyl sites for hydroxylation is 1. The van der Waals surface area contributed by atoms with Gasteiger partial charge in [-0.05, 0) is 42.5 Å². The fourth-order valence-corrected chi connectivity index (χ4v) is 3.29. The number of halogens is 1. The fourth-order valence-electron chi connectivity index (χ4n) is 3.29. The zero-order chi connectivity index (χ0) is 19.5. The summed E-state index contributed by atoms with van der Waals surface area (Å²) in [5, 5.41) is 14.6. The van der Waals surface area contributed by atoms with Crippen LogP contribution < -0.4 is 0 Å². The largest absolute Gasteiger partial charge is 0.387 e. The van der Waals surface area contributed by atoms with E-state index in [9.17, 15) is 9.50 Å². The second-order valence-electron chi connectivity index (χ2n) is 7.29. The fraction of sp³-hybridized carbons (Fsp3) is 0.364. The van der Waals surface area contributed by atoms with Gasteiger partial charge in [-0.15, -0.1) is 0 Å². The van der Waals surface area contributed by atoms with E-state index in [0.29, 0.717) is 36.4 Å². The van der Waals surface area contributed by atoms with E-state index in [-0.39, 0.29) is 5.82 Å². The van der Waals surface area contributed by atoms with Gasteiger partial charge in [-0.3, -0.25) is 4.90 Å². The molecule has 0 amide bonds. The molecule has 1 unspecified atom stereocenters. The molecule has 6 heteroatoms. The van der Waals surface area contributed by atoms with Crippen molar-refractivity contribution in [3.05, 3.63) is 71.4 Å². The van der Waals surface area contributed by atoms with Crippen molar-refractivity contribution < 1.29 is 14.0 Å². The highest BCUT2D eigenvalue weighted by molar-refractivity contribution is 5.54. The monoisotopic (exact) mass is 381 g/mol. The summed E-state index contributed by atoms with van der Waals surface area (Å²) in [7, 11) is 0. The van der Waals surface area contributed by atoms with E-state index in [1.54, 1.807) is 12.1 Å². The molecule has 1 fully saturated rings. The Balaban J connectivity index is 1.43. The average Bonchev–Trinajstić information content (AvgIpc) is 3.47. The smallest absolute Gasteiger partial charge is 0.241 e. The van der Waals surface area contributed by atoms with Gasteiger partial charge in [0.05, 0.1) is 12.6 Å². The highest BCUT2D eigenvalue weighted by atomic mass is 19.1. The van der Waals surface area contributed by atoms with Gasteiger partial charge in [-0.2, -0.15) is 4.98 Å². The van der Waals surface area contributed by atoms with Crippen LogP contribution in [0.1, 0.15) is 42.9 Å². The summed E-state index contributed by atoms with van der Waals surface area (Å²) in [6.07, 6.45) is 2.49. The van der Waals surface area contributed by atoms with E-state index in [4.69, 9.17) is 4.52 Å². The molecule has 0 aliphatic heterocycles. The van der Waals surface area contributed by atoms with Gasteiger partial charge >= 0.3 is 0 Å². The maximum absolute atomic E-state index is 13.1. The molecule has 1 aliphatic carbocycles. The molecule has 3 aromatic rings. The van der Waals surface area contributed by atoms with Gasteiger partial charge in [0.2, 0.25) is 11.7 Å². The highest BCUT2D eigenvalue weighted by Crippen LogP contribution is 2.30. The van der Waals surface area contributed by atoms with Crippen LogP contribution >= 0.6 is 0 Å². The van der Waals surface area contributed by atoms with Gasteiger partial charge in [-0.25, -0.2) is 4.39 Å². The van der Waals surface area contributed by atoms with E-state index in [2.05, 4.69) is 34.1 Å². The second kappa shape index (κ2) is 8.20. The van der Waals surface area contributed by atoms with E-state index in [1.165, 1.54) is 17.7 Å². The van der Waals surface area contributed by atoms with Crippen LogP contribution in [0.2, 0.25) is 0 Å². The van der Waals surface area contributed by atoms with Crippen molar-refractivity contribution in [1.82, 2.24) is 15.0 Å². The van der Waals surface area contributed by atoms with Crippen molar-refractivity contribution in [2.24, 2.45) is 0 Å². The third-order valence-electron chi connectivity index (χ3n) is 5.15. The number of rotatable bonds is 8. The Hall–Kier alpha value is -2.57. The predicted molar refractivity (Wildman–Crippen MR) is 104 cm³/mol. The molecule has 1 aromatic heterocycles. The lowest BCUT2D eigenvalue weighted by atomic mass is 10.1. The first-order valence-electron chi connectivity index (χ1n) is 9.72. The molecule has 1 N–H and O–H groups in total. The molecule has 2 aromatic carbocycles. The number of nitrogens with zero attached hydrogens (tertiary/aromatic N) is 3. The first-order chi connectivity index (χ1) is 13.6. The zero-order valence-corrected chi connectivity index (χ0v) is 15.9.